The van der Waals surface area contributed by atoms with Crippen molar-refractivity contribution in [2.24, 2.45) is 0 Å². The minimum absolute atomic E-state index is 0.0428. The summed E-state index contributed by atoms with van der Waals surface area (Å²) in [5.74, 6) is -0.541. The van der Waals surface area contributed by atoms with E-state index in [9.17, 15) is 9.59 Å². The van der Waals surface area contributed by atoms with Crippen LogP contribution in [0.2, 0.25) is 0 Å². The average Bonchev–Trinajstić information content (AvgIpc) is 2.88. The third-order valence-corrected chi connectivity index (χ3v) is 7.12. The number of hydrogen-bond acceptors (Lipinski definition) is 4. The van der Waals surface area contributed by atoms with E-state index >= 15 is 0 Å². The zero-order valence-electron chi connectivity index (χ0n) is 21.7. The van der Waals surface area contributed by atoms with Crippen molar-refractivity contribution in [2.75, 3.05) is 5.32 Å². The van der Waals surface area contributed by atoms with Crippen LogP contribution in [-0.4, -0.2) is 23.4 Å². The predicted molar refractivity (Wildman–Crippen MR) is 154 cm³/mol. The highest BCUT2D eigenvalue weighted by Gasteiger charge is 2.23. The third-order valence-electron chi connectivity index (χ3n) is 5.83. The predicted octanol–water partition coefficient (Wildman–Crippen LogP) is 6.52. The second-order valence-corrected chi connectivity index (χ2v) is 11.0. The van der Waals surface area contributed by atoms with Gasteiger partial charge >= 0.3 is 0 Å². The molecular formula is C31H33N3O2S. The lowest BCUT2D eigenvalue weighted by Gasteiger charge is -2.21. The minimum Gasteiger partial charge on any atom is -0.340 e. The van der Waals surface area contributed by atoms with Crippen LogP contribution < -0.4 is 15.4 Å². The molecule has 2 amide bonds. The lowest BCUT2D eigenvalue weighted by Crippen LogP contribution is -2.45. The van der Waals surface area contributed by atoms with E-state index in [0.29, 0.717) is 17.7 Å². The number of hydrogen-bond donors (Lipinski definition) is 3. The van der Waals surface area contributed by atoms with Gasteiger partial charge in [0.2, 0.25) is 5.91 Å². The Morgan fingerprint density at radius 3 is 2.19 bits per heavy atom. The molecule has 4 aromatic carbocycles. The Hall–Kier alpha value is -3.61. The maximum Gasteiger partial charge on any atom is 0.251 e. The first kappa shape index (κ1) is 26.5. The van der Waals surface area contributed by atoms with Gasteiger partial charge in [-0.05, 0) is 74.9 Å². The summed E-state index contributed by atoms with van der Waals surface area (Å²) in [6.45, 7) is 8.38. The highest BCUT2D eigenvalue weighted by atomic mass is 32.2. The standard InChI is InChI=1S/C31H33N3O2S/c1-21-16-18-22(19-17-21)20-27(33-29(35)23-10-6-5-7-11-23)30(36)32-26-14-8-13-25-24(26)12-9-15-28(25)37-34-31(2,3)4/h5-19,27,34H,20H2,1-4H3,(H,32,36)(H,33,35)/t27-/m0/s1. The third kappa shape index (κ3) is 7.21. The first-order chi connectivity index (χ1) is 17.7. The second-order valence-electron chi connectivity index (χ2n) is 10.2. The van der Waals surface area contributed by atoms with Crippen molar-refractivity contribution in [2.45, 2.75) is 50.6 Å². The van der Waals surface area contributed by atoms with Gasteiger partial charge in [0.25, 0.3) is 5.91 Å². The van der Waals surface area contributed by atoms with Crippen LogP contribution in [0, 0.1) is 6.92 Å². The molecule has 190 valence electrons. The average molecular weight is 512 g/mol. The van der Waals surface area contributed by atoms with Crippen LogP contribution in [0.4, 0.5) is 5.69 Å². The highest BCUT2D eigenvalue weighted by Crippen LogP contribution is 2.32. The summed E-state index contributed by atoms with van der Waals surface area (Å²) in [4.78, 5) is 27.6. The summed E-state index contributed by atoms with van der Waals surface area (Å²) >= 11 is 1.58. The van der Waals surface area contributed by atoms with Crippen LogP contribution in [0.1, 0.15) is 42.3 Å². The molecule has 0 fully saturated rings. The van der Waals surface area contributed by atoms with Crippen molar-refractivity contribution in [1.29, 1.82) is 0 Å². The fourth-order valence-electron chi connectivity index (χ4n) is 3.91. The zero-order chi connectivity index (χ0) is 26.4. The van der Waals surface area contributed by atoms with Gasteiger partial charge in [-0.3, -0.25) is 14.3 Å². The van der Waals surface area contributed by atoms with Crippen LogP contribution in [-0.2, 0) is 11.2 Å². The lowest BCUT2D eigenvalue weighted by atomic mass is 10.0. The fourth-order valence-corrected chi connectivity index (χ4v) is 4.76. The van der Waals surface area contributed by atoms with Gasteiger partial charge in [0, 0.05) is 33.5 Å². The molecule has 3 N–H and O–H groups in total. The summed E-state index contributed by atoms with van der Waals surface area (Å²) in [6, 6.07) is 28.2. The first-order valence-corrected chi connectivity index (χ1v) is 13.2. The van der Waals surface area contributed by atoms with E-state index < -0.39 is 6.04 Å². The molecule has 5 nitrogen and oxygen atoms in total. The molecule has 0 aliphatic carbocycles. The zero-order valence-corrected chi connectivity index (χ0v) is 22.5. The molecule has 0 unspecified atom stereocenters. The van der Waals surface area contributed by atoms with E-state index in [2.05, 4.69) is 48.3 Å². The van der Waals surface area contributed by atoms with Gasteiger partial charge in [-0.15, -0.1) is 0 Å². The van der Waals surface area contributed by atoms with E-state index in [1.165, 1.54) is 0 Å². The van der Waals surface area contributed by atoms with Crippen molar-refractivity contribution in [1.82, 2.24) is 10.0 Å². The topological polar surface area (TPSA) is 70.2 Å². The number of anilines is 1. The maximum absolute atomic E-state index is 13.6. The van der Waals surface area contributed by atoms with Crippen LogP contribution >= 0.6 is 11.9 Å². The van der Waals surface area contributed by atoms with E-state index in [-0.39, 0.29) is 17.4 Å². The Labute approximate surface area is 223 Å². The van der Waals surface area contributed by atoms with Gasteiger partial charge in [-0.1, -0.05) is 72.3 Å². The normalized spacial score (nSPS) is 12.2. The summed E-state index contributed by atoms with van der Waals surface area (Å²) in [5, 5.41) is 8.03. The molecule has 4 rings (SSSR count). The highest BCUT2D eigenvalue weighted by molar-refractivity contribution is 7.97. The van der Waals surface area contributed by atoms with Gasteiger partial charge in [0.1, 0.15) is 6.04 Å². The van der Waals surface area contributed by atoms with Crippen molar-refractivity contribution in [3.63, 3.8) is 0 Å². The number of nitrogens with one attached hydrogen (secondary N) is 3. The smallest absolute Gasteiger partial charge is 0.251 e. The fraction of sp³-hybridized carbons (Fsp3) is 0.226. The molecule has 0 radical (unpaired) electrons. The molecule has 4 aromatic rings. The van der Waals surface area contributed by atoms with E-state index in [4.69, 9.17) is 0 Å². The Balaban J connectivity index is 1.60. The number of carbonyl (C=O) groups is 2. The van der Waals surface area contributed by atoms with Gasteiger partial charge in [-0.25, -0.2) is 0 Å². The van der Waals surface area contributed by atoms with Gasteiger partial charge in [0.15, 0.2) is 0 Å². The molecule has 0 aliphatic rings. The summed E-state index contributed by atoms with van der Waals surface area (Å²) in [5.41, 5.74) is 3.30. The Bertz CT molecular complexity index is 1380. The molecule has 0 saturated carbocycles. The summed E-state index contributed by atoms with van der Waals surface area (Å²) < 4.78 is 3.46. The van der Waals surface area contributed by atoms with Crippen LogP contribution in [0.3, 0.4) is 0 Å². The van der Waals surface area contributed by atoms with Crippen molar-refractivity contribution >= 4 is 40.2 Å². The second kappa shape index (κ2) is 11.6. The monoisotopic (exact) mass is 511 g/mol. The Kier molecular flexibility index (Phi) is 8.31. The van der Waals surface area contributed by atoms with E-state index in [1.54, 1.807) is 24.1 Å². The molecule has 0 saturated heterocycles. The Morgan fingerprint density at radius 2 is 1.49 bits per heavy atom. The SMILES string of the molecule is Cc1ccc(C[C@H](NC(=O)c2ccccc2)C(=O)Nc2cccc3c(SNC(C)(C)C)cccc23)cc1. The first-order valence-electron chi connectivity index (χ1n) is 12.4. The molecular weight excluding hydrogens is 478 g/mol. The number of rotatable bonds is 8. The maximum atomic E-state index is 13.6. The lowest BCUT2D eigenvalue weighted by molar-refractivity contribution is -0.118. The molecule has 0 bridgehead atoms. The van der Waals surface area contributed by atoms with Crippen molar-refractivity contribution in [3.8, 4) is 0 Å². The van der Waals surface area contributed by atoms with Gasteiger partial charge in [-0.2, -0.15) is 0 Å². The molecule has 0 aliphatic heterocycles. The van der Waals surface area contributed by atoms with E-state index in [1.807, 2.05) is 73.7 Å². The largest absolute Gasteiger partial charge is 0.340 e. The van der Waals surface area contributed by atoms with Crippen molar-refractivity contribution in [3.05, 3.63) is 108 Å². The summed E-state index contributed by atoms with van der Waals surface area (Å²) in [6.07, 6.45) is 0.381. The van der Waals surface area contributed by atoms with Crippen molar-refractivity contribution < 1.29 is 9.59 Å². The molecule has 6 heteroatoms. The summed E-state index contributed by atoms with van der Waals surface area (Å²) in [7, 11) is 0. The van der Waals surface area contributed by atoms with Crippen LogP contribution in [0.5, 0.6) is 0 Å². The molecule has 0 spiro atoms. The quantitative estimate of drug-likeness (QED) is 0.236. The number of carbonyl (C=O) groups excluding carboxylic acids is 2. The Morgan fingerprint density at radius 1 is 0.811 bits per heavy atom. The van der Waals surface area contributed by atoms with Crippen LogP contribution in [0.15, 0.2) is 95.9 Å². The van der Waals surface area contributed by atoms with Gasteiger partial charge in [0.05, 0.1) is 0 Å². The number of benzene rings is 4. The molecule has 1 atom stereocenters. The molecule has 37 heavy (non-hydrogen) atoms. The molecule has 0 heterocycles. The minimum atomic E-state index is -0.745. The number of aryl methyl sites for hydroxylation is 1. The number of amides is 2. The molecule has 0 aromatic heterocycles. The number of fused-ring (bicyclic) bond motifs is 1. The van der Waals surface area contributed by atoms with Gasteiger partial charge < -0.3 is 10.6 Å². The van der Waals surface area contributed by atoms with Crippen LogP contribution in [0.25, 0.3) is 10.8 Å². The van der Waals surface area contributed by atoms with E-state index in [0.717, 1.165) is 26.8 Å².